The molecular formula is C16H24ClN3. The molecule has 110 valence electrons. The Labute approximate surface area is 126 Å². The maximum Gasteiger partial charge on any atom is 0.0863 e. The molecule has 4 rings (SSSR count). The minimum absolute atomic E-state index is 0.766. The molecule has 0 spiro atoms. The highest BCUT2D eigenvalue weighted by Crippen LogP contribution is 2.65. The van der Waals surface area contributed by atoms with E-state index < -0.39 is 0 Å². The van der Waals surface area contributed by atoms with Gasteiger partial charge in [0.25, 0.3) is 0 Å². The fraction of sp³-hybridized carbons (Fsp3) is 0.812. The van der Waals surface area contributed by atoms with E-state index in [-0.39, 0.29) is 0 Å². The Bertz CT molecular complexity index is 508. The van der Waals surface area contributed by atoms with E-state index in [9.17, 15) is 0 Å². The zero-order valence-electron chi connectivity index (χ0n) is 12.4. The molecule has 0 aromatic carbocycles. The molecule has 3 fully saturated rings. The molecule has 20 heavy (non-hydrogen) atoms. The second-order valence-corrected chi connectivity index (χ2v) is 7.15. The molecule has 1 aromatic heterocycles. The van der Waals surface area contributed by atoms with Crippen molar-refractivity contribution in [2.75, 3.05) is 0 Å². The Kier molecular flexibility index (Phi) is 3.11. The number of nitrogens with zero attached hydrogens (tertiary/aromatic N) is 2. The molecule has 1 aromatic rings. The number of halogens is 1. The van der Waals surface area contributed by atoms with Crippen LogP contribution in [0.15, 0.2) is 0 Å². The lowest BCUT2D eigenvalue weighted by Gasteiger charge is -2.11. The summed E-state index contributed by atoms with van der Waals surface area (Å²) in [7, 11) is 0. The van der Waals surface area contributed by atoms with E-state index in [0.717, 1.165) is 59.9 Å². The first-order valence-corrected chi connectivity index (χ1v) is 8.59. The molecule has 0 amide bonds. The number of fused-ring (bicyclic) bond motifs is 5. The Hall–Kier alpha value is -0.540. The van der Waals surface area contributed by atoms with Crippen molar-refractivity contribution in [3.8, 4) is 0 Å². The fourth-order valence-corrected chi connectivity index (χ4v) is 5.33. The third kappa shape index (κ3) is 1.79. The van der Waals surface area contributed by atoms with Crippen molar-refractivity contribution >= 4 is 11.6 Å². The number of nitrogens with one attached hydrogen (secondary N) is 1. The second kappa shape index (κ2) is 4.74. The third-order valence-corrected chi connectivity index (χ3v) is 6.37. The van der Waals surface area contributed by atoms with E-state index in [1.165, 1.54) is 25.0 Å². The predicted molar refractivity (Wildman–Crippen MR) is 80.7 cm³/mol. The summed E-state index contributed by atoms with van der Waals surface area (Å²) < 4.78 is 2.07. The molecule has 1 N–H and O–H groups in total. The molecule has 3 nitrogen and oxygen atoms in total. The van der Waals surface area contributed by atoms with Crippen LogP contribution in [0, 0.1) is 23.7 Å². The molecule has 4 unspecified atom stereocenters. The van der Waals surface area contributed by atoms with Crippen LogP contribution in [0.5, 0.6) is 0 Å². The van der Waals surface area contributed by atoms with Crippen molar-refractivity contribution in [2.24, 2.45) is 23.7 Å². The van der Waals surface area contributed by atoms with E-state index in [1.807, 2.05) is 0 Å². The Morgan fingerprint density at radius 1 is 1.25 bits per heavy atom. The minimum atomic E-state index is 0.766. The molecule has 0 aliphatic heterocycles. The van der Waals surface area contributed by atoms with Crippen LogP contribution >= 0.6 is 11.6 Å². The summed E-state index contributed by atoms with van der Waals surface area (Å²) >= 11 is 6.48. The topological polar surface area (TPSA) is 29.9 Å². The van der Waals surface area contributed by atoms with Crippen molar-refractivity contribution in [2.45, 2.75) is 58.7 Å². The van der Waals surface area contributed by atoms with E-state index in [4.69, 9.17) is 11.6 Å². The lowest BCUT2D eigenvalue weighted by atomic mass is 10.0. The summed E-state index contributed by atoms with van der Waals surface area (Å²) in [5.74, 6) is 4.02. The lowest BCUT2D eigenvalue weighted by Crippen LogP contribution is -2.24. The van der Waals surface area contributed by atoms with Gasteiger partial charge in [-0.3, -0.25) is 4.68 Å². The van der Waals surface area contributed by atoms with Crippen LogP contribution in [0.3, 0.4) is 0 Å². The quantitative estimate of drug-likeness (QED) is 0.903. The SMILES string of the molecule is CCc1nn(CC)c(CNC2C3C4CCC(C4)C23)c1Cl. The van der Waals surface area contributed by atoms with Crippen molar-refractivity contribution < 1.29 is 0 Å². The van der Waals surface area contributed by atoms with E-state index in [0.29, 0.717) is 0 Å². The number of hydrogen-bond donors (Lipinski definition) is 1. The van der Waals surface area contributed by atoms with Crippen LogP contribution in [0.1, 0.15) is 44.5 Å². The largest absolute Gasteiger partial charge is 0.308 e. The van der Waals surface area contributed by atoms with Gasteiger partial charge in [0.2, 0.25) is 0 Å². The summed E-state index contributed by atoms with van der Waals surface area (Å²) in [6.45, 7) is 6.04. The first kappa shape index (κ1) is 13.1. The molecule has 3 saturated carbocycles. The molecule has 1 heterocycles. The maximum atomic E-state index is 6.48. The van der Waals surface area contributed by atoms with Crippen LogP contribution < -0.4 is 5.32 Å². The van der Waals surface area contributed by atoms with Gasteiger partial charge in [0.05, 0.1) is 16.4 Å². The van der Waals surface area contributed by atoms with Gasteiger partial charge in [-0.25, -0.2) is 0 Å². The van der Waals surface area contributed by atoms with Gasteiger partial charge in [-0.1, -0.05) is 18.5 Å². The van der Waals surface area contributed by atoms with Gasteiger partial charge < -0.3 is 5.32 Å². The highest BCUT2D eigenvalue weighted by Gasteiger charge is 2.64. The molecular weight excluding hydrogens is 270 g/mol. The van der Waals surface area contributed by atoms with Crippen molar-refractivity contribution in [1.82, 2.24) is 15.1 Å². The molecule has 0 saturated heterocycles. The summed E-state index contributed by atoms with van der Waals surface area (Å²) in [4.78, 5) is 0. The molecule has 4 atom stereocenters. The van der Waals surface area contributed by atoms with Crippen LogP contribution in [-0.2, 0) is 19.5 Å². The number of hydrogen-bond acceptors (Lipinski definition) is 2. The molecule has 0 radical (unpaired) electrons. The van der Waals surface area contributed by atoms with Crippen LogP contribution in [0.25, 0.3) is 0 Å². The fourth-order valence-electron chi connectivity index (χ4n) is 5.00. The predicted octanol–water partition coefficient (Wildman–Crippen LogP) is 3.25. The Balaban J connectivity index is 1.44. The number of aryl methyl sites for hydroxylation is 2. The average Bonchev–Trinajstić information content (AvgIpc) is 2.79. The molecule has 3 aliphatic carbocycles. The number of rotatable bonds is 5. The Morgan fingerprint density at radius 2 is 1.95 bits per heavy atom. The maximum absolute atomic E-state index is 6.48. The Morgan fingerprint density at radius 3 is 2.55 bits per heavy atom. The smallest absolute Gasteiger partial charge is 0.0863 e. The monoisotopic (exact) mass is 293 g/mol. The zero-order chi connectivity index (χ0) is 13.9. The lowest BCUT2D eigenvalue weighted by molar-refractivity contribution is 0.454. The van der Waals surface area contributed by atoms with Gasteiger partial charge in [-0.05, 0) is 56.3 Å². The van der Waals surface area contributed by atoms with Crippen molar-refractivity contribution in [3.05, 3.63) is 16.4 Å². The normalized spacial score (nSPS) is 37.5. The van der Waals surface area contributed by atoms with Gasteiger partial charge in [0.1, 0.15) is 0 Å². The summed E-state index contributed by atoms with van der Waals surface area (Å²) in [6, 6.07) is 0.766. The van der Waals surface area contributed by atoms with Crippen LogP contribution in [-0.4, -0.2) is 15.8 Å². The summed E-state index contributed by atoms with van der Waals surface area (Å²) in [6.07, 6.45) is 5.40. The van der Waals surface area contributed by atoms with Crippen LogP contribution in [0.2, 0.25) is 5.02 Å². The highest BCUT2D eigenvalue weighted by molar-refractivity contribution is 6.31. The first-order chi connectivity index (χ1) is 9.74. The average molecular weight is 294 g/mol. The van der Waals surface area contributed by atoms with Gasteiger partial charge in [0.15, 0.2) is 0 Å². The van der Waals surface area contributed by atoms with Crippen molar-refractivity contribution in [3.63, 3.8) is 0 Å². The molecule has 3 aliphatic rings. The van der Waals surface area contributed by atoms with Crippen molar-refractivity contribution in [1.29, 1.82) is 0 Å². The molecule has 4 heteroatoms. The van der Waals surface area contributed by atoms with Gasteiger partial charge in [-0.2, -0.15) is 5.10 Å². The summed E-state index contributed by atoms with van der Waals surface area (Å²) in [5, 5.41) is 9.27. The zero-order valence-corrected chi connectivity index (χ0v) is 13.2. The second-order valence-electron chi connectivity index (χ2n) is 6.77. The summed E-state index contributed by atoms with van der Waals surface area (Å²) in [5.41, 5.74) is 2.23. The van der Waals surface area contributed by atoms with E-state index in [2.05, 4.69) is 28.9 Å². The third-order valence-electron chi connectivity index (χ3n) is 5.93. The number of aromatic nitrogens is 2. The standard InChI is InChI=1S/C16H24ClN3/c1-3-11-15(17)12(20(4-2)19-11)8-18-16-13-9-5-6-10(7-9)14(13)16/h9-10,13-14,16,18H,3-8H2,1-2H3. The van der Waals surface area contributed by atoms with Crippen LogP contribution in [0.4, 0.5) is 0 Å². The van der Waals surface area contributed by atoms with E-state index in [1.54, 1.807) is 0 Å². The van der Waals surface area contributed by atoms with E-state index >= 15 is 0 Å². The van der Waals surface area contributed by atoms with Gasteiger partial charge in [0, 0.05) is 19.1 Å². The van der Waals surface area contributed by atoms with Gasteiger partial charge in [-0.15, -0.1) is 0 Å². The highest BCUT2D eigenvalue weighted by atomic mass is 35.5. The molecule has 2 bridgehead atoms. The minimum Gasteiger partial charge on any atom is -0.308 e. The van der Waals surface area contributed by atoms with Gasteiger partial charge >= 0.3 is 0 Å². The first-order valence-electron chi connectivity index (χ1n) is 8.22.